The van der Waals surface area contributed by atoms with Gasteiger partial charge in [-0.25, -0.2) is 4.39 Å². The molecular weight excluding hydrogens is 267 g/mol. The van der Waals surface area contributed by atoms with Crippen molar-refractivity contribution in [2.24, 2.45) is 0 Å². The molecule has 21 heavy (non-hydrogen) atoms. The van der Waals surface area contributed by atoms with E-state index in [1.165, 1.54) is 6.07 Å². The van der Waals surface area contributed by atoms with Crippen molar-refractivity contribution in [3.05, 3.63) is 60.0 Å². The van der Waals surface area contributed by atoms with E-state index in [1.54, 1.807) is 24.4 Å². The lowest BCUT2D eigenvalue weighted by Crippen LogP contribution is -1.96. The van der Waals surface area contributed by atoms with Crippen LogP contribution in [0.3, 0.4) is 0 Å². The van der Waals surface area contributed by atoms with Gasteiger partial charge in [-0.1, -0.05) is 19.1 Å². The molecule has 0 spiro atoms. The number of nitrogen functional groups attached to an aromatic ring is 1. The van der Waals surface area contributed by atoms with Crippen LogP contribution < -0.4 is 10.5 Å². The number of ether oxygens (including phenoxy) is 1. The predicted octanol–water partition coefficient (Wildman–Crippen LogP) is 4.31. The van der Waals surface area contributed by atoms with Crippen LogP contribution in [-0.2, 0) is 6.42 Å². The number of nitrogens with two attached hydrogens (primary N) is 1. The zero-order valence-electron chi connectivity index (χ0n) is 11.6. The Labute approximate surface area is 122 Å². The molecule has 2 aromatic carbocycles. The third-order valence-electron chi connectivity index (χ3n) is 3.36. The Bertz CT molecular complexity index is 802. The number of halogens is 1. The molecule has 0 unspecified atom stereocenters. The summed E-state index contributed by atoms with van der Waals surface area (Å²) in [5, 5.41) is 0.681. The average molecular weight is 282 g/mol. The van der Waals surface area contributed by atoms with Crippen LogP contribution in [-0.4, -0.2) is 4.98 Å². The van der Waals surface area contributed by atoms with Crippen LogP contribution in [0.15, 0.2) is 48.7 Å². The minimum Gasteiger partial charge on any atom is -0.452 e. The number of benzene rings is 2. The maximum Gasteiger partial charge on any atom is 0.189 e. The highest BCUT2D eigenvalue weighted by molar-refractivity contribution is 5.94. The zero-order valence-corrected chi connectivity index (χ0v) is 11.6. The summed E-state index contributed by atoms with van der Waals surface area (Å²) in [6, 6.07) is 12.4. The SMILES string of the molecule is CCc1cccc(Oc2c(F)cc(N)c3cccnc23)c1. The van der Waals surface area contributed by atoms with Crippen LogP contribution in [0.4, 0.5) is 10.1 Å². The molecule has 3 aromatic rings. The molecule has 106 valence electrons. The van der Waals surface area contributed by atoms with Gasteiger partial charge in [0.05, 0.1) is 0 Å². The number of hydrogen-bond acceptors (Lipinski definition) is 3. The molecule has 0 bridgehead atoms. The van der Waals surface area contributed by atoms with E-state index in [2.05, 4.69) is 11.9 Å². The van der Waals surface area contributed by atoms with Gasteiger partial charge in [0.1, 0.15) is 11.3 Å². The Kier molecular flexibility index (Phi) is 3.44. The molecule has 0 amide bonds. The summed E-state index contributed by atoms with van der Waals surface area (Å²) >= 11 is 0. The van der Waals surface area contributed by atoms with Gasteiger partial charge in [0.15, 0.2) is 11.6 Å². The van der Waals surface area contributed by atoms with Crippen LogP contribution in [0.5, 0.6) is 11.5 Å². The monoisotopic (exact) mass is 282 g/mol. The lowest BCUT2D eigenvalue weighted by molar-refractivity contribution is 0.447. The third kappa shape index (κ3) is 2.52. The molecule has 0 fully saturated rings. The van der Waals surface area contributed by atoms with Crippen molar-refractivity contribution in [3.8, 4) is 11.5 Å². The summed E-state index contributed by atoms with van der Waals surface area (Å²) < 4.78 is 19.9. The van der Waals surface area contributed by atoms with Crippen LogP contribution in [0.2, 0.25) is 0 Å². The van der Waals surface area contributed by atoms with E-state index in [0.29, 0.717) is 22.3 Å². The van der Waals surface area contributed by atoms with Crippen molar-refractivity contribution < 1.29 is 9.13 Å². The second-order valence-electron chi connectivity index (χ2n) is 4.78. The number of rotatable bonds is 3. The van der Waals surface area contributed by atoms with Crippen LogP contribution in [0, 0.1) is 5.82 Å². The van der Waals surface area contributed by atoms with Crippen molar-refractivity contribution in [1.82, 2.24) is 4.98 Å². The van der Waals surface area contributed by atoms with Crippen molar-refractivity contribution in [1.29, 1.82) is 0 Å². The summed E-state index contributed by atoms with van der Waals surface area (Å²) in [4.78, 5) is 4.20. The molecule has 4 heteroatoms. The van der Waals surface area contributed by atoms with Gasteiger partial charge in [-0.05, 0) is 36.2 Å². The van der Waals surface area contributed by atoms with Gasteiger partial charge in [0.2, 0.25) is 0 Å². The Morgan fingerprint density at radius 3 is 2.86 bits per heavy atom. The fourth-order valence-corrected chi connectivity index (χ4v) is 2.26. The maximum absolute atomic E-state index is 14.2. The molecule has 0 aliphatic heterocycles. The van der Waals surface area contributed by atoms with E-state index in [0.717, 1.165) is 12.0 Å². The number of nitrogens with zero attached hydrogens (tertiary/aromatic N) is 1. The standard InChI is InChI=1S/C17H15FN2O/c1-2-11-5-3-6-12(9-11)21-17-14(18)10-15(19)13-7-4-8-20-16(13)17/h3-10H,2,19H2,1H3. The second-order valence-corrected chi connectivity index (χ2v) is 4.78. The Balaban J connectivity index is 2.11. The van der Waals surface area contributed by atoms with Crippen LogP contribution in [0.1, 0.15) is 12.5 Å². The molecule has 0 saturated carbocycles. The fraction of sp³-hybridized carbons (Fsp3) is 0.118. The zero-order chi connectivity index (χ0) is 14.8. The Morgan fingerprint density at radius 2 is 2.05 bits per heavy atom. The molecule has 0 radical (unpaired) electrons. The first kappa shape index (κ1) is 13.4. The van der Waals surface area contributed by atoms with Gasteiger partial charge in [-0.3, -0.25) is 4.98 Å². The van der Waals surface area contributed by atoms with Crippen LogP contribution >= 0.6 is 0 Å². The van der Waals surface area contributed by atoms with E-state index in [1.807, 2.05) is 18.2 Å². The summed E-state index contributed by atoms with van der Waals surface area (Å²) in [6.45, 7) is 2.06. The van der Waals surface area contributed by atoms with Gasteiger partial charge < -0.3 is 10.5 Å². The first-order valence-corrected chi connectivity index (χ1v) is 6.78. The van der Waals surface area contributed by atoms with Crippen molar-refractivity contribution in [2.75, 3.05) is 5.73 Å². The largest absolute Gasteiger partial charge is 0.452 e. The van der Waals surface area contributed by atoms with E-state index >= 15 is 0 Å². The summed E-state index contributed by atoms with van der Waals surface area (Å²) in [6.07, 6.45) is 2.48. The van der Waals surface area contributed by atoms with Crippen molar-refractivity contribution >= 4 is 16.6 Å². The van der Waals surface area contributed by atoms with E-state index in [-0.39, 0.29) is 5.75 Å². The molecule has 0 aliphatic carbocycles. The first-order valence-electron chi connectivity index (χ1n) is 6.78. The minimum atomic E-state index is -0.513. The van der Waals surface area contributed by atoms with E-state index < -0.39 is 5.82 Å². The van der Waals surface area contributed by atoms with Gasteiger partial charge in [0.25, 0.3) is 0 Å². The fourth-order valence-electron chi connectivity index (χ4n) is 2.26. The normalized spacial score (nSPS) is 10.8. The topological polar surface area (TPSA) is 48.1 Å². The molecule has 3 rings (SSSR count). The Morgan fingerprint density at radius 1 is 1.19 bits per heavy atom. The van der Waals surface area contributed by atoms with Crippen LogP contribution in [0.25, 0.3) is 10.9 Å². The minimum absolute atomic E-state index is 0.105. The lowest BCUT2D eigenvalue weighted by atomic mass is 10.1. The Hall–Kier alpha value is -2.62. The highest BCUT2D eigenvalue weighted by Crippen LogP contribution is 2.34. The molecule has 0 saturated heterocycles. The molecule has 1 aromatic heterocycles. The highest BCUT2D eigenvalue weighted by Gasteiger charge is 2.14. The average Bonchev–Trinajstić information content (AvgIpc) is 2.51. The molecule has 3 nitrogen and oxygen atoms in total. The number of fused-ring (bicyclic) bond motifs is 1. The van der Waals surface area contributed by atoms with Crippen molar-refractivity contribution in [3.63, 3.8) is 0 Å². The predicted molar refractivity (Wildman–Crippen MR) is 82.0 cm³/mol. The quantitative estimate of drug-likeness (QED) is 0.728. The second kappa shape index (κ2) is 5.40. The van der Waals surface area contributed by atoms with E-state index in [4.69, 9.17) is 10.5 Å². The lowest BCUT2D eigenvalue weighted by Gasteiger charge is -2.11. The van der Waals surface area contributed by atoms with Gasteiger partial charge in [0, 0.05) is 23.3 Å². The first-order chi connectivity index (χ1) is 10.2. The van der Waals surface area contributed by atoms with E-state index in [9.17, 15) is 4.39 Å². The van der Waals surface area contributed by atoms with Gasteiger partial charge in [-0.2, -0.15) is 0 Å². The number of hydrogen-bond donors (Lipinski definition) is 1. The number of aromatic nitrogens is 1. The summed E-state index contributed by atoms with van der Waals surface area (Å²) in [7, 11) is 0. The number of aryl methyl sites for hydroxylation is 1. The third-order valence-corrected chi connectivity index (χ3v) is 3.36. The summed E-state index contributed by atoms with van der Waals surface area (Å²) in [5.41, 5.74) is 7.73. The van der Waals surface area contributed by atoms with Gasteiger partial charge in [-0.15, -0.1) is 0 Å². The smallest absolute Gasteiger partial charge is 0.189 e. The van der Waals surface area contributed by atoms with Crippen molar-refractivity contribution in [2.45, 2.75) is 13.3 Å². The number of pyridine rings is 1. The number of anilines is 1. The molecule has 0 atom stereocenters. The molecule has 0 aliphatic rings. The maximum atomic E-state index is 14.2. The molecular formula is C17H15FN2O. The van der Waals surface area contributed by atoms with Gasteiger partial charge >= 0.3 is 0 Å². The highest BCUT2D eigenvalue weighted by atomic mass is 19.1. The molecule has 1 heterocycles. The molecule has 2 N–H and O–H groups in total. The summed E-state index contributed by atoms with van der Waals surface area (Å²) in [5.74, 6) is 0.179.